The van der Waals surface area contributed by atoms with Crippen LogP contribution >= 0.6 is 0 Å². The van der Waals surface area contributed by atoms with Crippen molar-refractivity contribution < 1.29 is 4.74 Å². The maximum absolute atomic E-state index is 6.14. The predicted molar refractivity (Wildman–Crippen MR) is 75.9 cm³/mol. The molecule has 3 N–H and O–H groups in total. The molecule has 0 radical (unpaired) electrons. The summed E-state index contributed by atoms with van der Waals surface area (Å²) in [7, 11) is 0. The highest BCUT2D eigenvalue weighted by atomic mass is 16.5. The predicted octanol–water partition coefficient (Wildman–Crippen LogP) is 2.75. The molecular weight excluding hydrogens is 224 g/mol. The van der Waals surface area contributed by atoms with Crippen LogP contribution < -0.4 is 11.3 Å². The fourth-order valence-electron chi connectivity index (χ4n) is 3.05. The van der Waals surface area contributed by atoms with Gasteiger partial charge in [0.05, 0.1) is 11.6 Å². The van der Waals surface area contributed by atoms with Gasteiger partial charge in [-0.15, -0.1) is 11.8 Å². The zero-order chi connectivity index (χ0) is 13.3. The van der Waals surface area contributed by atoms with Crippen molar-refractivity contribution in [2.75, 3.05) is 6.61 Å². The van der Waals surface area contributed by atoms with Crippen LogP contribution in [0, 0.1) is 11.8 Å². The van der Waals surface area contributed by atoms with Gasteiger partial charge in [-0.25, -0.2) is 0 Å². The van der Waals surface area contributed by atoms with Gasteiger partial charge in [-0.3, -0.25) is 11.3 Å². The number of hydrogen-bond acceptors (Lipinski definition) is 3. The van der Waals surface area contributed by atoms with Gasteiger partial charge in [-0.2, -0.15) is 0 Å². The largest absolute Gasteiger partial charge is 0.374 e. The quantitative estimate of drug-likeness (QED) is 0.331. The molecule has 1 rings (SSSR count). The lowest BCUT2D eigenvalue weighted by Crippen LogP contribution is -2.54. The fourth-order valence-corrected chi connectivity index (χ4v) is 3.05. The minimum atomic E-state index is -0.0740. The van der Waals surface area contributed by atoms with E-state index in [4.69, 9.17) is 10.6 Å². The van der Waals surface area contributed by atoms with E-state index in [9.17, 15) is 0 Å². The number of nitrogens with one attached hydrogen (secondary N) is 1. The number of rotatable bonds is 6. The monoisotopic (exact) mass is 252 g/mol. The standard InChI is InChI=1S/C15H28N2O/c1-3-5-8-11-14(17-16)15(18-4-2)12-9-6-7-10-13-15/h14,17H,4,6-13,16H2,1-2H3. The average Bonchev–Trinajstić information content (AvgIpc) is 2.62. The molecule has 1 fully saturated rings. The van der Waals surface area contributed by atoms with Crippen molar-refractivity contribution in [1.82, 2.24) is 5.43 Å². The van der Waals surface area contributed by atoms with E-state index in [2.05, 4.69) is 24.2 Å². The van der Waals surface area contributed by atoms with E-state index in [1.807, 2.05) is 6.92 Å². The molecule has 0 aromatic carbocycles. The van der Waals surface area contributed by atoms with Crippen LogP contribution in [0.25, 0.3) is 0 Å². The summed E-state index contributed by atoms with van der Waals surface area (Å²) < 4.78 is 6.14. The first-order valence-corrected chi connectivity index (χ1v) is 7.28. The molecule has 0 aliphatic heterocycles. The third-order valence-electron chi connectivity index (χ3n) is 3.95. The number of ether oxygens (including phenoxy) is 1. The van der Waals surface area contributed by atoms with Gasteiger partial charge in [0.2, 0.25) is 0 Å². The summed E-state index contributed by atoms with van der Waals surface area (Å²) in [6.07, 6.45) is 9.24. The molecule has 0 amide bonds. The van der Waals surface area contributed by atoms with Crippen molar-refractivity contribution in [2.24, 2.45) is 5.84 Å². The lowest BCUT2D eigenvalue weighted by molar-refractivity contribution is -0.0783. The Kier molecular flexibility index (Phi) is 7.34. The molecule has 18 heavy (non-hydrogen) atoms. The highest BCUT2D eigenvalue weighted by molar-refractivity contribution is 4.99. The van der Waals surface area contributed by atoms with E-state index < -0.39 is 0 Å². The summed E-state index contributed by atoms with van der Waals surface area (Å²) in [6.45, 7) is 4.72. The van der Waals surface area contributed by atoms with E-state index in [1.54, 1.807) is 0 Å². The summed E-state index contributed by atoms with van der Waals surface area (Å²) in [5, 5.41) is 0. The maximum atomic E-state index is 6.14. The highest BCUT2D eigenvalue weighted by Gasteiger charge is 2.38. The third-order valence-corrected chi connectivity index (χ3v) is 3.95. The van der Waals surface area contributed by atoms with Crippen molar-refractivity contribution in [3.8, 4) is 11.8 Å². The molecule has 0 heterocycles. The molecule has 0 bridgehead atoms. The van der Waals surface area contributed by atoms with Gasteiger partial charge >= 0.3 is 0 Å². The van der Waals surface area contributed by atoms with E-state index in [1.165, 1.54) is 25.7 Å². The molecule has 1 atom stereocenters. The van der Waals surface area contributed by atoms with E-state index in [0.29, 0.717) is 0 Å². The Morgan fingerprint density at radius 1 is 1.28 bits per heavy atom. The molecule has 1 aliphatic carbocycles. The van der Waals surface area contributed by atoms with Gasteiger partial charge in [-0.05, 0) is 33.1 Å². The molecule has 0 spiro atoms. The molecule has 1 saturated carbocycles. The number of hydrogen-bond donors (Lipinski definition) is 2. The zero-order valence-electron chi connectivity index (χ0n) is 11.9. The van der Waals surface area contributed by atoms with E-state index in [-0.39, 0.29) is 11.6 Å². The first-order chi connectivity index (χ1) is 8.79. The Morgan fingerprint density at radius 2 is 1.94 bits per heavy atom. The topological polar surface area (TPSA) is 47.3 Å². The molecular formula is C15H28N2O. The van der Waals surface area contributed by atoms with Crippen molar-refractivity contribution in [1.29, 1.82) is 0 Å². The molecule has 0 saturated heterocycles. The van der Waals surface area contributed by atoms with Gasteiger partial charge in [0.15, 0.2) is 0 Å². The van der Waals surface area contributed by atoms with Crippen LogP contribution in [0.1, 0.15) is 65.2 Å². The zero-order valence-corrected chi connectivity index (χ0v) is 11.9. The average molecular weight is 252 g/mol. The van der Waals surface area contributed by atoms with Gasteiger partial charge in [0, 0.05) is 13.0 Å². The Balaban J connectivity index is 2.72. The molecule has 1 unspecified atom stereocenters. The minimum Gasteiger partial charge on any atom is -0.374 e. The summed E-state index contributed by atoms with van der Waals surface area (Å²) in [5.41, 5.74) is 2.92. The molecule has 1 aliphatic rings. The second kappa shape index (κ2) is 8.53. The maximum Gasteiger partial charge on any atom is 0.0848 e. The van der Waals surface area contributed by atoms with E-state index in [0.717, 1.165) is 32.3 Å². The summed E-state index contributed by atoms with van der Waals surface area (Å²) in [5.74, 6) is 11.8. The van der Waals surface area contributed by atoms with Gasteiger partial charge in [0.1, 0.15) is 0 Å². The SMILES string of the molecule is CC#CCCC(NN)C1(OCC)CCCCCC1. The Hall–Kier alpha value is -0.560. The van der Waals surface area contributed by atoms with Crippen molar-refractivity contribution in [3.63, 3.8) is 0 Å². The first-order valence-electron chi connectivity index (χ1n) is 7.28. The number of hydrazine groups is 1. The van der Waals surface area contributed by atoms with Gasteiger partial charge in [0.25, 0.3) is 0 Å². The van der Waals surface area contributed by atoms with Crippen LogP contribution in [-0.4, -0.2) is 18.2 Å². The Bertz CT molecular complexity index is 272. The van der Waals surface area contributed by atoms with Crippen molar-refractivity contribution >= 4 is 0 Å². The lowest BCUT2D eigenvalue weighted by Gasteiger charge is -2.39. The number of nitrogens with two attached hydrogens (primary N) is 1. The lowest BCUT2D eigenvalue weighted by atomic mass is 9.84. The second-order valence-electron chi connectivity index (χ2n) is 5.10. The first kappa shape index (κ1) is 15.5. The van der Waals surface area contributed by atoms with Crippen LogP contribution in [0.2, 0.25) is 0 Å². The molecule has 3 nitrogen and oxygen atoms in total. The summed E-state index contributed by atoms with van der Waals surface area (Å²) >= 11 is 0. The molecule has 3 heteroatoms. The van der Waals surface area contributed by atoms with Crippen LogP contribution in [0.5, 0.6) is 0 Å². The van der Waals surface area contributed by atoms with Gasteiger partial charge < -0.3 is 4.74 Å². The Labute approximate surface area is 112 Å². The van der Waals surface area contributed by atoms with E-state index >= 15 is 0 Å². The molecule has 0 aromatic rings. The molecule has 104 valence electrons. The minimum absolute atomic E-state index is 0.0740. The third kappa shape index (κ3) is 4.28. The normalized spacial score (nSPS) is 20.6. The van der Waals surface area contributed by atoms with Crippen LogP contribution in [0.3, 0.4) is 0 Å². The highest BCUT2D eigenvalue weighted by Crippen LogP contribution is 2.34. The van der Waals surface area contributed by atoms with Gasteiger partial charge in [-0.1, -0.05) is 25.7 Å². The smallest absolute Gasteiger partial charge is 0.0848 e. The van der Waals surface area contributed by atoms with Crippen molar-refractivity contribution in [2.45, 2.75) is 76.9 Å². The Morgan fingerprint density at radius 3 is 2.44 bits per heavy atom. The second-order valence-corrected chi connectivity index (χ2v) is 5.10. The molecule has 0 aromatic heterocycles. The summed E-state index contributed by atoms with van der Waals surface area (Å²) in [4.78, 5) is 0. The fraction of sp³-hybridized carbons (Fsp3) is 0.867. The van der Waals surface area contributed by atoms with Crippen LogP contribution in [-0.2, 0) is 4.74 Å². The van der Waals surface area contributed by atoms with Crippen molar-refractivity contribution in [3.05, 3.63) is 0 Å². The van der Waals surface area contributed by atoms with Crippen LogP contribution in [0.4, 0.5) is 0 Å². The summed E-state index contributed by atoms with van der Waals surface area (Å²) in [6, 6.07) is 0.219. The van der Waals surface area contributed by atoms with Crippen LogP contribution in [0.15, 0.2) is 0 Å².